The van der Waals surface area contributed by atoms with Gasteiger partial charge < -0.3 is 29.0 Å². The zero-order chi connectivity index (χ0) is 21.2. The number of benzene rings is 2. The summed E-state index contributed by atoms with van der Waals surface area (Å²) in [5, 5.41) is 31.3. The molecule has 0 bridgehead atoms. The van der Waals surface area contributed by atoms with Gasteiger partial charge in [-0.15, -0.1) is 0 Å². The molecule has 0 aliphatic carbocycles. The van der Waals surface area contributed by atoms with Crippen molar-refractivity contribution in [3.05, 3.63) is 41.3 Å². The van der Waals surface area contributed by atoms with E-state index in [0.717, 1.165) is 8.20 Å². The molecule has 3 aromatic rings. The molecule has 0 radical (unpaired) electrons. The number of phenols is 2. The third-order valence-corrected chi connectivity index (χ3v) is 6.48. The van der Waals surface area contributed by atoms with Crippen LogP contribution < -0.4 is 4.74 Å². The second-order valence-corrected chi connectivity index (χ2v) is 9.86. The first kappa shape index (κ1) is 21.3. The van der Waals surface area contributed by atoms with Crippen molar-refractivity contribution in [1.82, 2.24) is 0 Å². The van der Waals surface area contributed by atoms with Crippen molar-refractivity contribution < 1.29 is 33.6 Å². The number of hydrogen-bond acceptors (Lipinski definition) is 7. The highest BCUT2D eigenvalue weighted by Crippen LogP contribution is 2.44. The summed E-state index contributed by atoms with van der Waals surface area (Å²) in [7, 11) is -2.15. The van der Waals surface area contributed by atoms with E-state index in [2.05, 4.69) is 0 Å². The van der Waals surface area contributed by atoms with E-state index in [9.17, 15) is 19.9 Å². The van der Waals surface area contributed by atoms with Gasteiger partial charge >= 0.3 is 0 Å². The van der Waals surface area contributed by atoms with E-state index in [4.69, 9.17) is 13.7 Å². The molecule has 2 aromatic carbocycles. The predicted octanol–water partition coefficient (Wildman–Crippen LogP) is 5.61. The molecule has 3 rings (SSSR count). The van der Waals surface area contributed by atoms with Crippen LogP contribution in [0.4, 0.5) is 0 Å². The number of hydrogen-bond donors (Lipinski definition) is 3. The van der Waals surface area contributed by atoms with Gasteiger partial charge in [-0.2, -0.15) is 0 Å². The van der Waals surface area contributed by atoms with E-state index in [1.54, 1.807) is 19.1 Å². The minimum absolute atomic E-state index is 0.0422. The van der Waals surface area contributed by atoms with Crippen LogP contribution >= 0.6 is 15.6 Å². The highest BCUT2D eigenvalue weighted by Gasteiger charge is 2.19. The molecule has 0 amide bonds. The third kappa shape index (κ3) is 4.59. The molecule has 9 heteroatoms. The van der Waals surface area contributed by atoms with Gasteiger partial charge in [0.05, 0.1) is 11.5 Å². The monoisotopic (exact) mass is 436 g/mol. The second kappa shape index (κ2) is 8.50. The molecular weight excluding hydrogens is 414 g/mol. The van der Waals surface area contributed by atoms with Gasteiger partial charge in [0.1, 0.15) is 11.3 Å². The number of rotatable bonds is 6. The van der Waals surface area contributed by atoms with Crippen molar-refractivity contribution in [2.75, 3.05) is 26.3 Å². The first-order valence-electron chi connectivity index (χ1n) is 8.84. The zero-order valence-electron chi connectivity index (χ0n) is 16.2. The summed E-state index contributed by atoms with van der Waals surface area (Å²) < 4.78 is 28.8. The lowest BCUT2D eigenvalue weighted by molar-refractivity contribution is 0.291. The maximum atomic E-state index is 12.3. The molecule has 29 heavy (non-hydrogen) atoms. The Kier molecular flexibility index (Phi) is 6.23. The van der Waals surface area contributed by atoms with Crippen LogP contribution in [0.5, 0.6) is 23.0 Å². The molecule has 0 fully saturated rings. The molecule has 1 unspecified atom stereocenters. The normalized spacial score (nSPS) is 14.1. The molecular formula is C20H22O7P2. The Labute approximate surface area is 169 Å². The lowest BCUT2D eigenvalue weighted by Crippen LogP contribution is -2.01. The minimum Gasteiger partial charge on any atom is -0.508 e. The van der Waals surface area contributed by atoms with E-state index in [1.807, 2.05) is 6.66 Å². The molecule has 154 valence electrons. The number of ether oxygens (including phenoxy) is 1. The number of fused-ring (bicyclic) bond motifs is 1. The van der Waals surface area contributed by atoms with Crippen LogP contribution in [-0.4, -0.2) is 41.6 Å². The molecule has 0 saturated carbocycles. The first-order valence-corrected chi connectivity index (χ1v) is 12.4. The predicted molar refractivity (Wildman–Crippen MR) is 113 cm³/mol. The summed E-state index contributed by atoms with van der Waals surface area (Å²) in [4.78, 5) is 0.645. The van der Waals surface area contributed by atoms with Gasteiger partial charge in [-0.3, -0.25) is 4.57 Å². The van der Waals surface area contributed by atoms with Crippen LogP contribution in [0.1, 0.15) is 6.92 Å². The summed E-state index contributed by atoms with van der Waals surface area (Å²) in [6.45, 7) is 5.36. The SMILES string of the molecule is CCOP(C)(=O)COc1cc(-c2oc3cc(O)ccc3c(=PC)c2O)ccc1O. The van der Waals surface area contributed by atoms with E-state index >= 15 is 0 Å². The third-order valence-electron chi connectivity index (χ3n) is 4.17. The van der Waals surface area contributed by atoms with Gasteiger partial charge in [0.25, 0.3) is 0 Å². The van der Waals surface area contributed by atoms with Crippen LogP contribution in [0.2, 0.25) is 0 Å². The van der Waals surface area contributed by atoms with Gasteiger partial charge in [0.15, 0.2) is 29.4 Å². The van der Waals surface area contributed by atoms with E-state index in [-0.39, 0.29) is 35.1 Å². The lowest BCUT2D eigenvalue weighted by Gasteiger charge is -2.15. The Balaban J connectivity index is 2.08. The molecule has 0 saturated heterocycles. The van der Waals surface area contributed by atoms with Crippen molar-refractivity contribution in [1.29, 1.82) is 0 Å². The Morgan fingerprint density at radius 1 is 1.14 bits per heavy atom. The number of phenolic OH excluding ortho intramolecular Hbond substituents is 2. The fourth-order valence-corrected chi connectivity index (χ4v) is 4.61. The minimum atomic E-state index is -2.96. The van der Waals surface area contributed by atoms with Gasteiger partial charge in [-0.05, 0) is 43.9 Å². The maximum Gasteiger partial charge on any atom is 0.236 e. The Morgan fingerprint density at radius 3 is 2.59 bits per heavy atom. The van der Waals surface area contributed by atoms with Gasteiger partial charge in [0.2, 0.25) is 7.37 Å². The van der Waals surface area contributed by atoms with Crippen molar-refractivity contribution in [2.45, 2.75) is 6.92 Å². The molecule has 1 atom stereocenters. The summed E-state index contributed by atoms with van der Waals surface area (Å²) in [6.07, 6.45) is -0.203. The topological polar surface area (TPSA) is 109 Å². The van der Waals surface area contributed by atoms with Crippen LogP contribution in [0.15, 0.2) is 40.8 Å². The molecule has 7 nitrogen and oxygen atoms in total. The van der Waals surface area contributed by atoms with Crippen molar-refractivity contribution in [3.63, 3.8) is 0 Å². The Bertz CT molecular complexity index is 1170. The van der Waals surface area contributed by atoms with Crippen LogP contribution in [-0.2, 0) is 9.09 Å². The lowest BCUT2D eigenvalue weighted by atomic mass is 10.1. The summed E-state index contributed by atoms with van der Waals surface area (Å²) in [5.74, 6) is 0.115. The smallest absolute Gasteiger partial charge is 0.236 e. The van der Waals surface area contributed by atoms with Crippen molar-refractivity contribution >= 4 is 26.5 Å². The quantitative estimate of drug-likeness (QED) is 0.431. The highest BCUT2D eigenvalue weighted by atomic mass is 31.2. The zero-order valence-corrected chi connectivity index (χ0v) is 18.0. The van der Waals surface area contributed by atoms with Crippen LogP contribution in [0.3, 0.4) is 0 Å². The van der Waals surface area contributed by atoms with Crippen LogP contribution in [0.25, 0.3) is 22.3 Å². The number of aromatic hydroxyl groups is 3. The molecule has 3 N–H and O–H groups in total. The second-order valence-electron chi connectivity index (χ2n) is 6.42. The van der Waals surface area contributed by atoms with E-state index in [1.165, 1.54) is 30.9 Å². The van der Waals surface area contributed by atoms with E-state index in [0.29, 0.717) is 28.1 Å². The highest BCUT2D eigenvalue weighted by molar-refractivity contribution is 7.57. The summed E-state index contributed by atoms with van der Waals surface area (Å²) in [6, 6.07) is 9.14. The molecule has 0 aliphatic heterocycles. The van der Waals surface area contributed by atoms with Crippen molar-refractivity contribution in [2.24, 2.45) is 0 Å². The van der Waals surface area contributed by atoms with E-state index < -0.39 is 7.37 Å². The fraction of sp³-hybridized carbons (Fsp3) is 0.250. The molecule has 1 aromatic heterocycles. The molecule has 1 heterocycles. The average molecular weight is 436 g/mol. The standard InChI is InChI=1S/C20H22O7P2/c1-4-26-29(3,24)11-25-17-9-12(5-8-15(17)22)19-18(23)20(28-2)14-7-6-13(21)10-16(14)27-19/h5-10,21-23H,4,11H2,1-3H3. The first-order chi connectivity index (χ1) is 13.8. The van der Waals surface area contributed by atoms with Crippen LogP contribution in [0, 0.1) is 4.94 Å². The van der Waals surface area contributed by atoms with Crippen molar-refractivity contribution in [3.8, 4) is 34.3 Å². The van der Waals surface area contributed by atoms with Gasteiger partial charge in [-0.25, -0.2) is 0 Å². The van der Waals surface area contributed by atoms with Gasteiger partial charge in [-0.1, -0.05) is 8.20 Å². The average Bonchev–Trinajstić information content (AvgIpc) is 2.67. The largest absolute Gasteiger partial charge is 0.508 e. The Morgan fingerprint density at radius 2 is 1.90 bits per heavy atom. The molecule has 0 spiro atoms. The molecule has 0 aliphatic rings. The van der Waals surface area contributed by atoms with Gasteiger partial charge in [0, 0.05) is 23.7 Å². The summed E-state index contributed by atoms with van der Waals surface area (Å²) >= 11 is 0. The summed E-state index contributed by atoms with van der Waals surface area (Å²) in [5.41, 5.74) is 0.861. The Hall–Kier alpha value is -2.46. The maximum absolute atomic E-state index is 12.3. The fourth-order valence-electron chi connectivity index (χ4n) is 2.87.